The lowest BCUT2D eigenvalue weighted by Crippen LogP contribution is -2.30. The van der Waals surface area contributed by atoms with Crippen molar-refractivity contribution in [3.8, 4) is 0 Å². The van der Waals surface area contributed by atoms with Crippen LogP contribution in [0, 0.1) is 13.8 Å². The molecule has 0 radical (unpaired) electrons. The van der Waals surface area contributed by atoms with Crippen LogP contribution in [-0.2, 0) is 13.1 Å². The summed E-state index contributed by atoms with van der Waals surface area (Å²) in [7, 11) is 0. The van der Waals surface area contributed by atoms with E-state index in [-0.39, 0.29) is 5.91 Å². The second-order valence-electron chi connectivity index (χ2n) is 7.81. The zero-order chi connectivity index (χ0) is 22.3. The SMILES string of the molecule is Cc1cc(C)nc(Nc2cccc(C(=O)N(Cc3ccccc3)Cc3ccccc3)c2)n1. The Morgan fingerprint density at radius 2 is 1.31 bits per heavy atom. The van der Waals surface area contributed by atoms with Crippen LogP contribution in [0.3, 0.4) is 0 Å². The Kier molecular flexibility index (Phi) is 6.56. The van der Waals surface area contributed by atoms with Crippen LogP contribution in [0.15, 0.2) is 91.0 Å². The minimum absolute atomic E-state index is 0.0253. The van der Waals surface area contributed by atoms with Gasteiger partial charge in [-0.3, -0.25) is 4.79 Å². The van der Waals surface area contributed by atoms with E-state index < -0.39 is 0 Å². The fourth-order valence-electron chi connectivity index (χ4n) is 3.63. The van der Waals surface area contributed by atoms with Crippen molar-refractivity contribution in [1.29, 1.82) is 0 Å². The van der Waals surface area contributed by atoms with E-state index in [1.165, 1.54) is 0 Å². The number of hydrogen-bond acceptors (Lipinski definition) is 4. The number of nitrogens with one attached hydrogen (secondary N) is 1. The monoisotopic (exact) mass is 422 g/mol. The van der Waals surface area contributed by atoms with E-state index >= 15 is 0 Å². The smallest absolute Gasteiger partial charge is 0.254 e. The van der Waals surface area contributed by atoms with Crippen LogP contribution in [0.2, 0.25) is 0 Å². The fraction of sp³-hybridized carbons (Fsp3) is 0.148. The van der Waals surface area contributed by atoms with Crippen molar-refractivity contribution in [3.05, 3.63) is 119 Å². The third-order valence-electron chi connectivity index (χ3n) is 5.07. The lowest BCUT2D eigenvalue weighted by molar-refractivity contribution is 0.0730. The first kappa shape index (κ1) is 21.2. The number of carbonyl (C=O) groups is 1. The molecule has 4 aromatic rings. The third-order valence-corrected chi connectivity index (χ3v) is 5.07. The number of aromatic nitrogens is 2. The number of hydrogen-bond donors (Lipinski definition) is 1. The Bertz CT molecular complexity index is 1130. The molecule has 5 heteroatoms. The van der Waals surface area contributed by atoms with E-state index in [4.69, 9.17) is 0 Å². The zero-order valence-electron chi connectivity index (χ0n) is 18.3. The number of amides is 1. The summed E-state index contributed by atoms with van der Waals surface area (Å²) in [5.74, 6) is 0.500. The Balaban J connectivity index is 1.59. The van der Waals surface area contributed by atoms with E-state index in [0.717, 1.165) is 28.2 Å². The van der Waals surface area contributed by atoms with E-state index in [9.17, 15) is 4.79 Å². The van der Waals surface area contributed by atoms with Crippen LogP contribution in [-0.4, -0.2) is 20.8 Å². The van der Waals surface area contributed by atoms with Gasteiger partial charge in [0.05, 0.1) is 0 Å². The molecule has 0 saturated heterocycles. The third kappa shape index (κ3) is 5.58. The van der Waals surface area contributed by atoms with E-state index in [2.05, 4.69) is 15.3 Å². The zero-order valence-corrected chi connectivity index (χ0v) is 18.3. The standard InChI is InChI=1S/C27H26N4O/c1-20-16-21(2)29-27(28-20)30-25-15-9-14-24(17-25)26(32)31(18-22-10-5-3-6-11-22)19-23-12-7-4-8-13-23/h3-17H,18-19H2,1-2H3,(H,28,29,30). The van der Waals surface area contributed by atoms with Crippen LogP contribution >= 0.6 is 0 Å². The maximum Gasteiger partial charge on any atom is 0.254 e. The van der Waals surface area contributed by atoms with Crippen molar-refractivity contribution < 1.29 is 4.79 Å². The number of rotatable bonds is 7. The predicted octanol–water partition coefficient (Wildman–Crippen LogP) is 5.68. The van der Waals surface area contributed by atoms with Gasteiger partial charge < -0.3 is 10.2 Å². The summed E-state index contributed by atoms with van der Waals surface area (Å²) in [6.45, 7) is 4.94. The van der Waals surface area contributed by atoms with Crippen molar-refractivity contribution in [2.24, 2.45) is 0 Å². The van der Waals surface area contributed by atoms with Gasteiger partial charge in [-0.1, -0.05) is 66.7 Å². The van der Waals surface area contributed by atoms with Gasteiger partial charge in [0.1, 0.15) is 0 Å². The van der Waals surface area contributed by atoms with Gasteiger partial charge in [0.2, 0.25) is 5.95 Å². The minimum Gasteiger partial charge on any atom is -0.330 e. The topological polar surface area (TPSA) is 58.1 Å². The first-order chi connectivity index (χ1) is 15.6. The molecule has 3 aromatic carbocycles. The molecule has 0 saturated carbocycles. The van der Waals surface area contributed by atoms with Crippen molar-refractivity contribution in [3.63, 3.8) is 0 Å². The Morgan fingerprint density at radius 1 is 0.750 bits per heavy atom. The summed E-state index contributed by atoms with van der Waals surface area (Å²) >= 11 is 0. The van der Waals surface area contributed by atoms with Gasteiger partial charge in [0, 0.05) is 35.7 Å². The minimum atomic E-state index is -0.0253. The molecule has 0 spiro atoms. The maximum absolute atomic E-state index is 13.5. The first-order valence-electron chi connectivity index (χ1n) is 10.6. The average molecular weight is 423 g/mol. The van der Waals surface area contributed by atoms with Crippen LogP contribution < -0.4 is 5.32 Å². The highest BCUT2D eigenvalue weighted by Crippen LogP contribution is 2.19. The van der Waals surface area contributed by atoms with Crippen LogP contribution in [0.1, 0.15) is 32.9 Å². The van der Waals surface area contributed by atoms with Gasteiger partial charge in [0.15, 0.2) is 0 Å². The fourth-order valence-corrected chi connectivity index (χ4v) is 3.63. The molecule has 0 unspecified atom stereocenters. The van der Waals surface area contributed by atoms with Gasteiger partial charge in [0.25, 0.3) is 5.91 Å². The Labute approximate surface area is 188 Å². The van der Waals surface area contributed by atoms with Gasteiger partial charge >= 0.3 is 0 Å². The number of anilines is 2. The van der Waals surface area contributed by atoms with Crippen LogP contribution in [0.4, 0.5) is 11.6 Å². The predicted molar refractivity (Wildman–Crippen MR) is 128 cm³/mol. The molecule has 160 valence electrons. The van der Waals surface area contributed by atoms with Gasteiger partial charge in [-0.15, -0.1) is 0 Å². The van der Waals surface area contributed by atoms with E-state index in [1.807, 2.05) is 110 Å². The van der Waals surface area contributed by atoms with Gasteiger partial charge in [-0.05, 0) is 49.2 Å². The summed E-state index contributed by atoms with van der Waals surface area (Å²) in [6, 6.07) is 29.5. The van der Waals surface area contributed by atoms with Crippen molar-refractivity contribution >= 4 is 17.5 Å². The van der Waals surface area contributed by atoms with Crippen molar-refractivity contribution in [2.45, 2.75) is 26.9 Å². The van der Waals surface area contributed by atoms with Crippen molar-refractivity contribution in [2.75, 3.05) is 5.32 Å². The van der Waals surface area contributed by atoms with Gasteiger partial charge in [-0.2, -0.15) is 0 Å². The molecule has 0 aliphatic rings. The summed E-state index contributed by atoms with van der Waals surface area (Å²) < 4.78 is 0. The van der Waals surface area contributed by atoms with Crippen molar-refractivity contribution in [1.82, 2.24) is 14.9 Å². The summed E-state index contributed by atoms with van der Waals surface area (Å²) in [5, 5.41) is 3.23. The first-order valence-corrected chi connectivity index (χ1v) is 10.6. The number of carbonyl (C=O) groups excluding carboxylic acids is 1. The highest BCUT2D eigenvalue weighted by Gasteiger charge is 2.17. The molecule has 4 rings (SSSR count). The molecule has 5 nitrogen and oxygen atoms in total. The van der Waals surface area contributed by atoms with Crippen LogP contribution in [0.5, 0.6) is 0 Å². The van der Waals surface area contributed by atoms with Crippen LogP contribution in [0.25, 0.3) is 0 Å². The molecule has 0 aliphatic heterocycles. The second kappa shape index (κ2) is 9.88. The molecule has 1 N–H and O–H groups in total. The maximum atomic E-state index is 13.5. The summed E-state index contributed by atoms with van der Waals surface area (Å²) in [6.07, 6.45) is 0. The van der Waals surface area contributed by atoms with E-state index in [0.29, 0.717) is 24.6 Å². The molecule has 0 fully saturated rings. The normalized spacial score (nSPS) is 10.6. The molecule has 32 heavy (non-hydrogen) atoms. The Hall–Kier alpha value is -3.99. The molecular weight excluding hydrogens is 396 g/mol. The summed E-state index contributed by atoms with van der Waals surface area (Å²) in [4.78, 5) is 24.3. The number of benzene rings is 3. The highest BCUT2D eigenvalue weighted by molar-refractivity contribution is 5.95. The lowest BCUT2D eigenvalue weighted by Gasteiger charge is -2.23. The molecule has 0 aliphatic carbocycles. The largest absolute Gasteiger partial charge is 0.330 e. The van der Waals surface area contributed by atoms with E-state index in [1.54, 1.807) is 0 Å². The quantitative estimate of drug-likeness (QED) is 0.416. The van der Waals surface area contributed by atoms with Gasteiger partial charge in [-0.25, -0.2) is 9.97 Å². The highest BCUT2D eigenvalue weighted by atomic mass is 16.2. The number of aryl methyl sites for hydroxylation is 2. The average Bonchev–Trinajstić information content (AvgIpc) is 2.79. The number of nitrogens with zero attached hydrogens (tertiary/aromatic N) is 3. The molecule has 1 aromatic heterocycles. The Morgan fingerprint density at radius 3 is 1.88 bits per heavy atom. The molecule has 0 bridgehead atoms. The molecule has 1 heterocycles. The second-order valence-corrected chi connectivity index (χ2v) is 7.81. The molecule has 0 atom stereocenters. The molecular formula is C27H26N4O. The molecule has 1 amide bonds. The summed E-state index contributed by atoms with van der Waals surface area (Å²) in [5.41, 5.74) is 5.36. The lowest BCUT2D eigenvalue weighted by atomic mass is 10.1.